The monoisotopic (exact) mass is 490 g/mol. The molecule has 1 aromatic carbocycles. The summed E-state index contributed by atoms with van der Waals surface area (Å²) in [5.74, 6) is -1.74. The number of hydrogen-bond donors (Lipinski definition) is 1. The summed E-state index contributed by atoms with van der Waals surface area (Å²) in [6, 6.07) is 12.3. The number of aromatic nitrogens is 3. The highest BCUT2D eigenvalue weighted by molar-refractivity contribution is 5.78. The number of nitrogens with zero attached hydrogens (tertiary/aromatic N) is 4. The molecule has 4 rings (SSSR count). The number of imidazole rings is 1. The molecule has 0 saturated carbocycles. The fraction of sp³-hybridized carbons (Fsp3) is 0.333. The van der Waals surface area contributed by atoms with E-state index in [9.17, 15) is 18.0 Å². The van der Waals surface area contributed by atoms with Gasteiger partial charge in [0.05, 0.1) is 12.5 Å². The van der Waals surface area contributed by atoms with E-state index in [0.29, 0.717) is 26.2 Å². The molecule has 0 saturated heterocycles. The van der Waals surface area contributed by atoms with Crippen LogP contribution in [0.1, 0.15) is 35.4 Å². The van der Waals surface area contributed by atoms with Crippen molar-refractivity contribution in [1.29, 1.82) is 0 Å². The number of carboxylic acid groups (broad SMARTS) is 1. The third-order valence-corrected chi connectivity index (χ3v) is 5.35. The van der Waals surface area contributed by atoms with Crippen molar-refractivity contribution < 1.29 is 32.6 Å². The van der Waals surface area contributed by atoms with Gasteiger partial charge in [0.15, 0.2) is 0 Å². The molecule has 0 aliphatic carbocycles. The summed E-state index contributed by atoms with van der Waals surface area (Å²) in [5, 5.41) is 7.12. The van der Waals surface area contributed by atoms with Gasteiger partial charge in [-0.2, -0.15) is 13.2 Å². The number of aliphatic carboxylic acids is 1. The number of ether oxygens (including phenoxy) is 1. The van der Waals surface area contributed by atoms with Crippen LogP contribution < -0.4 is 0 Å². The van der Waals surface area contributed by atoms with Gasteiger partial charge in [-0.25, -0.2) is 9.78 Å². The van der Waals surface area contributed by atoms with E-state index in [1.807, 2.05) is 42.5 Å². The summed E-state index contributed by atoms with van der Waals surface area (Å²) >= 11 is 0. The number of carbonyl (C=O) groups excluding carboxylic acids is 1. The average molecular weight is 490 g/mol. The molecule has 1 unspecified atom stereocenters. The normalized spacial score (nSPS) is 15.1. The first-order valence-electron chi connectivity index (χ1n) is 10.8. The number of pyridine rings is 1. The maximum atomic E-state index is 12.6. The van der Waals surface area contributed by atoms with Crippen molar-refractivity contribution >= 4 is 11.9 Å². The maximum Gasteiger partial charge on any atom is 0.490 e. The zero-order chi connectivity index (χ0) is 25.4. The van der Waals surface area contributed by atoms with E-state index in [-0.39, 0.29) is 18.4 Å². The summed E-state index contributed by atoms with van der Waals surface area (Å²) in [6.07, 6.45) is 2.38. The first kappa shape index (κ1) is 25.9. The lowest BCUT2D eigenvalue weighted by atomic mass is 9.89. The van der Waals surface area contributed by atoms with Gasteiger partial charge < -0.3 is 19.3 Å². The van der Waals surface area contributed by atoms with Crippen LogP contribution in [-0.4, -0.2) is 62.4 Å². The third kappa shape index (κ3) is 6.89. The Morgan fingerprint density at radius 1 is 1.17 bits per heavy atom. The van der Waals surface area contributed by atoms with Crippen molar-refractivity contribution in [2.45, 2.75) is 32.1 Å². The second kappa shape index (κ2) is 11.6. The van der Waals surface area contributed by atoms with Crippen molar-refractivity contribution in [2.75, 3.05) is 19.8 Å². The van der Waals surface area contributed by atoms with Gasteiger partial charge in [-0.05, 0) is 29.7 Å². The smallest absolute Gasteiger partial charge is 0.475 e. The van der Waals surface area contributed by atoms with Crippen LogP contribution in [0.2, 0.25) is 0 Å². The molecular weight excluding hydrogens is 465 g/mol. The van der Waals surface area contributed by atoms with Crippen LogP contribution in [0.15, 0.2) is 61.2 Å². The predicted octanol–water partition coefficient (Wildman–Crippen LogP) is 3.47. The minimum atomic E-state index is -5.08. The fourth-order valence-electron chi connectivity index (χ4n) is 3.75. The first-order chi connectivity index (χ1) is 16.7. The number of benzene rings is 1. The van der Waals surface area contributed by atoms with Crippen molar-refractivity contribution in [1.82, 2.24) is 19.4 Å². The van der Waals surface area contributed by atoms with Gasteiger partial charge in [-0.1, -0.05) is 30.3 Å². The lowest BCUT2D eigenvalue weighted by molar-refractivity contribution is -0.192. The Labute approximate surface area is 200 Å². The number of rotatable bonds is 6. The van der Waals surface area contributed by atoms with Crippen LogP contribution in [0, 0.1) is 0 Å². The largest absolute Gasteiger partial charge is 0.490 e. The van der Waals surface area contributed by atoms with E-state index in [0.717, 1.165) is 11.4 Å². The van der Waals surface area contributed by atoms with Gasteiger partial charge in [0.1, 0.15) is 12.4 Å². The summed E-state index contributed by atoms with van der Waals surface area (Å²) in [4.78, 5) is 32.3. The lowest BCUT2D eigenvalue weighted by Gasteiger charge is -2.34. The molecule has 1 amide bonds. The minimum absolute atomic E-state index is 0.0201. The SMILES string of the molecule is CCOCC(=O)N1Cc2ccccc2C(c2nccn2Cc2cccnc2)C1.O=C(O)C(F)(F)F. The quantitative estimate of drug-likeness (QED) is 0.568. The first-order valence-corrected chi connectivity index (χ1v) is 10.8. The van der Waals surface area contributed by atoms with Crippen molar-refractivity contribution in [3.05, 3.63) is 83.7 Å². The Morgan fingerprint density at radius 3 is 2.57 bits per heavy atom. The Bertz CT molecular complexity index is 1140. The molecule has 3 aromatic rings. The molecule has 0 radical (unpaired) electrons. The zero-order valence-electron chi connectivity index (χ0n) is 19.0. The molecule has 2 aromatic heterocycles. The molecule has 0 spiro atoms. The molecule has 1 N–H and O–H groups in total. The second-order valence-electron chi connectivity index (χ2n) is 7.74. The number of carbonyl (C=O) groups is 2. The van der Waals surface area contributed by atoms with E-state index in [2.05, 4.69) is 38.8 Å². The third-order valence-electron chi connectivity index (χ3n) is 5.35. The highest BCUT2D eigenvalue weighted by atomic mass is 19.4. The number of carboxylic acids is 1. The summed E-state index contributed by atoms with van der Waals surface area (Å²) in [7, 11) is 0. The van der Waals surface area contributed by atoms with Crippen LogP contribution in [-0.2, 0) is 27.4 Å². The topological polar surface area (TPSA) is 97.5 Å². The van der Waals surface area contributed by atoms with E-state index < -0.39 is 12.1 Å². The van der Waals surface area contributed by atoms with E-state index in [4.69, 9.17) is 14.6 Å². The Morgan fingerprint density at radius 2 is 1.91 bits per heavy atom. The van der Waals surface area contributed by atoms with Crippen molar-refractivity contribution in [3.8, 4) is 0 Å². The molecule has 1 atom stereocenters. The number of halogens is 3. The van der Waals surface area contributed by atoms with Gasteiger partial charge in [0.2, 0.25) is 5.91 Å². The Balaban J connectivity index is 0.000000429. The molecule has 8 nitrogen and oxygen atoms in total. The summed E-state index contributed by atoms with van der Waals surface area (Å²) in [6.45, 7) is 4.48. The van der Waals surface area contributed by atoms with Gasteiger partial charge in [0, 0.05) is 44.5 Å². The average Bonchev–Trinajstić information content (AvgIpc) is 3.30. The van der Waals surface area contributed by atoms with Crippen molar-refractivity contribution in [2.24, 2.45) is 0 Å². The standard InChI is InChI=1S/C22H24N4O2.C2HF3O2/c1-2-28-16-21(27)26-14-18-7-3-4-8-19(18)20(15-26)22-24-10-11-25(22)13-17-6-5-9-23-12-17;3-2(4,5)1(6)7/h3-12,20H,2,13-16H2,1H3;(H,6,7). The minimum Gasteiger partial charge on any atom is -0.475 e. The van der Waals surface area contributed by atoms with Crippen LogP contribution in [0.5, 0.6) is 0 Å². The number of amides is 1. The van der Waals surface area contributed by atoms with E-state index >= 15 is 0 Å². The van der Waals surface area contributed by atoms with Crippen LogP contribution in [0.3, 0.4) is 0 Å². The number of alkyl halides is 3. The fourth-order valence-corrected chi connectivity index (χ4v) is 3.75. The van der Waals surface area contributed by atoms with Crippen LogP contribution in [0.25, 0.3) is 0 Å². The van der Waals surface area contributed by atoms with Gasteiger partial charge in [0.25, 0.3) is 0 Å². The highest BCUT2D eigenvalue weighted by Gasteiger charge is 2.38. The summed E-state index contributed by atoms with van der Waals surface area (Å²) in [5.41, 5.74) is 3.52. The molecule has 186 valence electrons. The predicted molar refractivity (Wildman–Crippen MR) is 119 cm³/mol. The highest BCUT2D eigenvalue weighted by Crippen LogP contribution is 2.33. The van der Waals surface area contributed by atoms with Gasteiger partial charge in [-0.15, -0.1) is 0 Å². The molecule has 0 fully saturated rings. The van der Waals surface area contributed by atoms with Gasteiger partial charge in [-0.3, -0.25) is 9.78 Å². The number of hydrogen-bond acceptors (Lipinski definition) is 5. The van der Waals surface area contributed by atoms with Crippen LogP contribution in [0.4, 0.5) is 13.2 Å². The molecule has 3 heterocycles. The van der Waals surface area contributed by atoms with Crippen molar-refractivity contribution in [3.63, 3.8) is 0 Å². The summed E-state index contributed by atoms with van der Waals surface area (Å²) < 4.78 is 39.2. The molecule has 1 aliphatic heterocycles. The number of fused-ring (bicyclic) bond motifs is 1. The lowest BCUT2D eigenvalue weighted by Crippen LogP contribution is -2.41. The molecule has 11 heteroatoms. The second-order valence-corrected chi connectivity index (χ2v) is 7.74. The van der Waals surface area contributed by atoms with E-state index in [1.165, 1.54) is 11.1 Å². The molecular formula is C24H25F3N4O4. The Kier molecular flexibility index (Phi) is 8.58. The molecule has 0 bridgehead atoms. The zero-order valence-corrected chi connectivity index (χ0v) is 19.0. The molecule has 1 aliphatic rings. The van der Waals surface area contributed by atoms with Crippen LogP contribution >= 0.6 is 0 Å². The van der Waals surface area contributed by atoms with Gasteiger partial charge >= 0.3 is 12.1 Å². The molecule has 35 heavy (non-hydrogen) atoms. The van der Waals surface area contributed by atoms with E-state index in [1.54, 1.807) is 6.20 Å². The maximum absolute atomic E-state index is 12.6. The Hall–Kier alpha value is -3.73.